The molecule has 0 spiro atoms. The summed E-state index contributed by atoms with van der Waals surface area (Å²) >= 11 is 0. The Morgan fingerprint density at radius 2 is 2.10 bits per heavy atom. The van der Waals surface area contributed by atoms with Gasteiger partial charge >= 0.3 is 0 Å². The van der Waals surface area contributed by atoms with Crippen LogP contribution in [0.25, 0.3) is 0 Å². The van der Waals surface area contributed by atoms with Gasteiger partial charge in [0.05, 0.1) is 16.9 Å². The molecule has 0 radical (unpaired) electrons. The highest BCUT2D eigenvalue weighted by atomic mass is 32.2. The summed E-state index contributed by atoms with van der Waals surface area (Å²) in [5, 5.41) is 8.82. The van der Waals surface area contributed by atoms with Crippen LogP contribution in [0.1, 0.15) is 31.1 Å². The molecule has 1 aromatic carbocycles. The average Bonchev–Trinajstić information content (AvgIpc) is 2.44. The van der Waals surface area contributed by atoms with Crippen LogP contribution in [-0.4, -0.2) is 31.6 Å². The SMILES string of the molecule is CCN(CC(C)C#N)S(=O)(=O)c1cccc(C(C)=O)c1. The molecule has 108 valence electrons. The molecule has 0 aliphatic heterocycles. The van der Waals surface area contributed by atoms with Gasteiger partial charge in [-0.25, -0.2) is 8.42 Å². The summed E-state index contributed by atoms with van der Waals surface area (Å²) in [5.74, 6) is -0.573. The first-order valence-electron chi connectivity index (χ1n) is 6.33. The van der Waals surface area contributed by atoms with Crippen LogP contribution in [0, 0.1) is 17.2 Å². The van der Waals surface area contributed by atoms with Crippen molar-refractivity contribution in [3.8, 4) is 6.07 Å². The smallest absolute Gasteiger partial charge is 0.243 e. The Balaban J connectivity index is 3.17. The Labute approximate surface area is 119 Å². The number of carbonyl (C=O) groups excluding carboxylic acids is 1. The van der Waals surface area contributed by atoms with Gasteiger partial charge in [-0.3, -0.25) is 4.79 Å². The molecule has 6 heteroatoms. The van der Waals surface area contributed by atoms with Gasteiger partial charge in [-0.15, -0.1) is 0 Å². The Bertz CT molecular complexity index is 632. The molecule has 0 saturated carbocycles. The van der Waals surface area contributed by atoms with E-state index < -0.39 is 10.0 Å². The van der Waals surface area contributed by atoms with Crippen molar-refractivity contribution in [1.82, 2.24) is 4.31 Å². The van der Waals surface area contributed by atoms with Gasteiger partial charge in [0.1, 0.15) is 0 Å². The van der Waals surface area contributed by atoms with Gasteiger partial charge < -0.3 is 0 Å². The second-order valence-electron chi connectivity index (χ2n) is 4.57. The van der Waals surface area contributed by atoms with Gasteiger partial charge in [-0.05, 0) is 26.0 Å². The molecule has 0 saturated heterocycles. The fourth-order valence-corrected chi connectivity index (χ4v) is 3.35. The zero-order valence-corrected chi connectivity index (χ0v) is 12.6. The first-order valence-corrected chi connectivity index (χ1v) is 7.77. The number of ketones is 1. The van der Waals surface area contributed by atoms with E-state index in [-0.39, 0.29) is 29.7 Å². The highest BCUT2D eigenvalue weighted by molar-refractivity contribution is 7.89. The van der Waals surface area contributed by atoms with Crippen molar-refractivity contribution < 1.29 is 13.2 Å². The Morgan fingerprint density at radius 3 is 2.60 bits per heavy atom. The standard InChI is InChI=1S/C14H18N2O3S/c1-4-16(10-11(2)9-15)20(18,19)14-7-5-6-13(8-14)12(3)17/h5-8,11H,4,10H2,1-3H3. The molecule has 1 rings (SSSR count). The van der Waals surface area contributed by atoms with Crippen LogP contribution in [0.3, 0.4) is 0 Å². The molecular weight excluding hydrogens is 276 g/mol. The second-order valence-corrected chi connectivity index (χ2v) is 6.51. The van der Waals surface area contributed by atoms with E-state index in [1.165, 1.54) is 23.4 Å². The molecule has 0 heterocycles. The molecule has 0 bridgehead atoms. The Morgan fingerprint density at radius 1 is 1.45 bits per heavy atom. The summed E-state index contributed by atoms with van der Waals surface area (Å²) in [6.45, 7) is 5.19. The molecule has 5 nitrogen and oxygen atoms in total. The predicted molar refractivity (Wildman–Crippen MR) is 75.7 cm³/mol. The molecule has 0 aliphatic rings. The fraction of sp³-hybridized carbons (Fsp3) is 0.429. The quantitative estimate of drug-likeness (QED) is 0.752. The Hall–Kier alpha value is -1.71. The number of hydrogen-bond donors (Lipinski definition) is 0. The van der Waals surface area contributed by atoms with Crippen LogP contribution in [0.15, 0.2) is 29.2 Å². The number of nitriles is 1. The second kappa shape index (κ2) is 6.64. The molecule has 0 N–H and O–H groups in total. The zero-order chi connectivity index (χ0) is 15.3. The Kier molecular flexibility index (Phi) is 5.43. The number of carbonyl (C=O) groups is 1. The van der Waals surface area contributed by atoms with E-state index in [9.17, 15) is 13.2 Å². The molecule has 1 aromatic rings. The van der Waals surface area contributed by atoms with E-state index in [1.54, 1.807) is 26.0 Å². The van der Waals surface area contributed by atoms with Crippen LogP contribution in [0.5, 0.6) is 0 Å². The molecule has 20 heavy (non-hydrogen) atoms. The van der Waals surface area contributed by atoms with E-state index in [2.05, 4.69) is 0 Å². The normalized spacial score (nSPS) is 12.9. The number of hydrogen-bond acceptors (Lipinski definition) is 4. The predicted octanol–water partition coefficient (Wildman–Crippen LogP) is 2.06. The maximum Gasteiger partial charge on any atom is 0.243 e. The van der Waals surface area contributed by atoms with Crippen LogP contribution in [0.4, 0.5) is 0 Å². The van der Waals surface area contributed by atoms with Crippen molar-refractivity contribution in [2.24, 2.45) is 5.92 Å². The molecule has 0 fully saturated rings. The van der Waals surface area contributed by atoms with Gasteiger partial charge in [0.2, 0.25) is 10.0 Å². The number of rotatable bonds is 6. The lowest BCUT2D eigenvalue weighted by Gasteiger charge is -2.21. The van der Waals surface area contributed by atoms with E-state index in [0.29, 0.717) is 5.56 Å². The third-order valence-corrected chi connectivity index (χ3v) is 4.87. The molecule has 1 unspecified atom stereocenters. The average molecular weight is 294 g/mol. The van der Waals surface area contributed by atoms with E-state index in [1.807, 2.05) is 6.07 Å². The third kappa shape index (κ3) is 3.65. The lowest BCUT2D eigenvalue weighted by Crippen LogP contribution is -2.34. The highest BCUT2D eigenvalue weighted by Crippen LogP contribution is 2.18. The zero-order valence-electron chi connectivity index (χ0n) is 11.8. The summed E-state index contributed by atoms with van der Waals surface area (Å²) in [4.78, 5) is 11.4. The first kappa shape index (κ1) is 16.3. The summed E-state index contributed by atoms with van der Waals surface area (Å²) in [6.07, 6.45) is 0. The largest absolute Gasteiger partial charge is 0.295 e. The minimum Gasteiger partial charge on any atom is -0.295 e. The lowest BCUT2D eigenvalue weighted by atomic mass is 10.2. The number of nitrogens with zero attached hydrogens (tertiary/aromatic N) is 2. The van der Waals surface area contributed by atoms with Crippen molar-refractivity contribution in [2.75, 3.05) is 13.1 Å². The molecule has 1 atom stereocenters. The molecule has 0 aromatic heterocycles. The topological polar surface area (TPSA) is 78.2 Å². The van der Waals surface area contributed by atoms with Crippen molar-refractivity contribution in [3.05, 3.63) is 29.8 Å². The lowest BCUT2D eigenvalue weighted by molar-refractivity contribution is 0.101. The van der Waals surface area contributed by atoms with Gasteiger partial charge in [0.15, 0.2) is 5.78 Å². The van der Waals surface area contributed by atoms with E-state index in [0.717, 1.165) is 0 Å². The van der Waals surface area contributed by atoms with Crippen molar-refractivity contribution in [1.29, 1.82) is 5.26 Å². The van der Waals surface area contributed by atoms with E-state index in [4.69, 9.17) is 5.26 Å². The van der Waals surface area contributed by atoms with Crippen molar-refractivity contribution in [3.63, 3.8) is 0 Å². The molecule has 0 aliphatic carbocycles. The summed E-state index contributed by atoms with van der Waals surface area (Å²) < 4.78 is 26.2. The number of sulfonamides is 1. The van der Waals surface area contributed by atoms with Crippen molar-refractivity contribution in [2.45, 2.75) is 25.7 Å². The number of benzene rings is 1. The van der Waals surface area contributed by atoms with Crippen LogP contribution in [-0.2, 0) is 10.0 Å². The molecule has 0 amide bonds. The summed E-state index contributed by atoms with van der Waals surface area (Å²) in [5.41, 5.74) is 0.357. The van der Waals surface area contributed by atoms with Gasteiger partial charge in [0, 0.05) is 18.7 Å². The third-order valence-electron chi connectivity index (χ3n) is 2.93. The maximum atomic E-state index is 12.5. The number of Topliss-reactive ketones (excluding diaryl/α,β-unsaturated/α-hetero) is 1. The highest BCUT2D eigenvalue weighted by Gasteiger charge is 2.25. The van der Waals surface area contributed by atoms with Crippen LogP contribution < -0.4 is 0 Å². The van der Waals surface area contributed by atoms with Crippen LogP contribution >= 0.6 is 0 Å². The minimum atomic E-state index is -3.68. The van der Waals surface area contributed by atoms with Gasteiger partial charge in [0.25, 0.3) is 0 Å². The first-order chi connectivity index (χ1) is 9.32. The molecular formula is C14H18N2O3S. The van der Waals surface area contributed by atoms with Gasteiger partial charge in [-0.1, -0.05) is 19.1 Å². The van der Waals surface area contributed by atoms with Gasteiger partial charge in [-0.2, -0.15) is 9.57 Å². The van der Waals surface area contributed by atoms with E-state index >= 15 is 0 Å². The summed E-state index contributed by atoms with van der Waals surface area (Å²) in [7, 11) is -3.68. The minimum absolute atomic E-state index is 0.0807. The monoisotopic (exact) mass is 294 g/mol. The van der Waals surface area contributed by atoms with Crippen LogP contribution in [0.2, 0.25) is 0 Å². The fourth-order valence-electron chi connectivity index (χ4n) is 1.77. The maximum absolute atomic E-state index is 12.5. The van der Waals surface area contributed by atoms with Crippen molar-refractivity contribution >= 4 is 15.8 Å². The summed E-state index contributed by atoms with van der Waals surface area (Å²) in [6, 6.07) is 7.98.